The average Bonchev–Trinajstić information content (AvgIpc) is 2.75. The molecule has 6 nitrogen and oxygen atoms in total. The molecule has 0 bridgehead atoms. The zero-order chi connectivity index (χ0) is 19.9. The Balaban J connectivity index is 1.83. The van der Waals surface area contributed by atoms with Crippen LogP contribution in [0.2, 0.25) is 0 Å². The van der Waals surface area contributed by atoms with Crippen LogP contribution in [0.25, 0.3) is 16.5 Å². The summed E-state index contributed by atoms with van der Waals surface area (Å²) in [5.74, 6) is 0.730. The zero-order valence-corrected chi connectivity index (χ0v) is 15.6. The fourth-order valence-corrected chi connectivity index (χ4v) is 2.96. The molecule has 144 valence electrons. The number of amides is 1. The van der Waals surface area contributed by atoms with Crippen molar-refractivity contribution in [2.24, 2.45) is 0 Å². The molecule has 0 radical (unpaired) electrons. The van der Waals surface area contributed by atoms with Crippen molar-refractivity contribution in [1.82, 2.24) is 10.5 Å². The maximum Gasteiger partial charge on any atom is 0.243 e. The molecule has 3 aromatic rings. The number of carbonyl (C=O) groups excluding carboxylic acids is 1. The number of ether oxygens (including phenoxy) is 2. The second-order valence-electron chi connectivity index (χ2n) is 6.21. The number of pyridine rings is 1. The summed E-state index contributed by atoms with van der Waals surface area (Å²) in [5, 5.41) is 9.57. The minimum Gasteiger partial charge on any atom is -0.493 e. The highest BCUT2D eigenvalue weighted by molar-refractivity contribution is 5.95. The zero-order valence-electron chi connectivity index (χ0n) is 15.6. The van der Waals surface area contributed by atoms with E-state index in [2.05, 4.69) is 11.6 Å². The van der Waals surface area contributed by atoms with Crippen LogP contribution in [0.1, 0.15) is 24.0 Å². The summed E-state index contributed by atoms with van der Waals surface area (Å²) in [6.45, 7) is 4.59. The molecule has 6 heteroatoms. The smallest absolute Gasteiger partial charge is 0.243 e. The van der Waals surface area contributed by atoms with Gasteiger partial charge in [-0.3, -0.25) is 15.0 Å². The van der Waals surface area contributed by atoms with Crippen molar-refractivity contribution in [3.05, 3.63) is 72.4 Å². The Morgan fingerprint density at radius 3 is 2.79 bits per heavy atom. The first kappa shape index (κ1) is 19.4. The van der Waals surface area contributed by atoms with Crippen molar-refractivity contribution in [1.29, 1.82) is 0 Å². The molecule has 2 aromatic carbocycles. The molecule has 3 rings (SSSR count). The van der Waals surface area contributed by atoms with Gasteiger partial charge >= 0.3 is 0 Å². The van der Waals surface area contributed by atoms with Crippen LogP contribution in [0.4, 0.5) is 0 Å². The monoisotopic (exact) mass is 378 g/mol. The maximum absolute atomic E-state index is 11.1. The number of aromatic nitrogens is 1. The summed E-state index contributed by atoms with van der Waals surface area (Å²) in [7, 11) is 1.58. The standard InChI is InChI=1S/C22H22N2O4/c1-15(17-11-12-23-19-7-4-3-6-18(17)19)16-9-10-20(27-2)21(14-16)28-13-5-8-22(25)24-26/h3-4,6-7,9-12,14,26H,1,5,8,13H2,2H3,(H,24,25). The molecule has 1 amide bonds. The van der Waals surface area contributed by atoms with Crippen LogP contribution >= 0.6 is 0 Å². The fraction of sp³-hybridized carbons (Fsp3) is 0.182. The summed E-state index contributed by atoms with van der Waals surface area (Å²) in [4.78, 5) is 15.5. The third-order valence-electron chi connectivity index (χ3n) is 4.42. The second kappa shape index (κ2) is 9.01. The summed E-state index contributed by atoms with van der Waals surface area (Å²) in [6, 6.07) is 15.5. The molecule has 1 heterocycles. The largest absolute Gasteiger partial charge is 0.493 e. The van der Waals surface area contributed by atoms with E-state index in [0.717, 1.165) is 27.6 Å². The van der Waals surface area contributed by atoms with Gasteiger partial charge < -0.3 is 9.47 Å². The number of methoxy groups -OCH3 is 1. The van der Waals surface area contributed by atoms with Crippen LogP contribution in [-0.4, -0.2) is 29.8 Å². The van der Waals surface area contributed by atoms with E-state index in [4.69, 9.17) is 14.7 Å². The number of hydrogen-bond donors (Lipinski definition) is 2. The quantitative estimate of drug-likeness (QED) is 0.352. The van der Waals surface area contributed by atoms with E-state index >= 15 is 0 Å². The first-order chi connectivity index (χ1) is 13.6. The number of benzene rings is 2. The van der Waals surface area contributed by atoms with Gasteiger partial charge in [0.2, 0.25) is 5.91 Å². The molecule has 0 aliphatic rings. The number of carbonyl (C=O) groups is 1. The highest BCUT2D eigenvalue weighted by atomic mass is 16.5. The Hall–Kier alpha value is -3.38. The van der Waals surface area contributed by atoms with Crippen molar-refractivity contribution in [2.45, 2.75) is 12.8 Å². The van der Waals surface area contributed by atoms with Crippen LogP contribution in [0, 0.1) is 0 Å². The predicted molar refractivity (Wildman–Crippen MR) is 108 cm³/mol. The predicted octanol–water partition coefficient (Wildman–Crippen LogP) is 3.97. The van der Waals surface area contributed by atoms with Crippen molar-refractivity contribution < 1.29 is 19.5 Å². The lowest BCUT2D eigenvalue weighted by Crippen LogP contribution is -2.18. The lowest BCUT2D eigenvalue weighted by molar-refractivity contribution is -0.129. The molecule has 2 N–H and O–H groups in total. The van der Waals surface area contributed by atoms with Gasteiger partial charge in [0.05, 0.1) is 19.2 Å². The molecule has 0 saturated heterocycles. The van der Waals surface area contributed by atoms with Crippen molar-refractivity contribution in [2.75, 3.05) is 13.7 Å². The average molecular weight is 378 g/mol. The number of rotatable bonds is 8. The van der Waals surface area contributed by atoms with Gasteiger partial charge in [0.25, 0.3) is 0 Å². The molecular weight excluding hydrogens is 356 g/mol. The normalized spacial score (nSPS) is 10.5. The Labute approximate surface area is 163 Å². The number of nitrogens with one attached hydrogen (secondary N) is 1. The van der Waals surface area contributed by atoms with Gasteiger partial charge in [0.15, 0.2) is 11.5 Å². The number of hydroxylamine groups is 1. The Kier molecular flexibility index (Phi) is 6.24. The van der Waals surface area contributed by atoms with Crippen molar-refractivity contribution in [3.8, 4) is 11.5 Å². The van der Waals surface area contributed by atoms with E-state index in [1.165, 1.54) is 0 Å². The van der Waals surface area contributed by atoms with E-state index < -0.39 is 5.91 Å². The van der Waals surface area contributed by atoms with Crippen LogP contribution in [0.15, 0.2) is 61.3 Å². The second-order valence-corrected chi connectivity index (χ2v) is 6.21. The molecule has 0 aliphatic carbocycles. The minimum absolute atomic E-state index is 0.175. The number of fused-ring (bicyclic) bond motifs is 1. The third kappa shape index (κ3) is 4.29. The van der Waals surface area contributed by atoms with Gasteiger partial charge in [-0.05, 0) is 47.4 Å². The minimum atomic E-state index is -0.442. The van der Waals surface area contributed by atoms with Crippen molar-refractivity contribution >= 4 is 22.4 Å². The molecule has 0 fully saturated rings. The lowest BCUT2D eigenvalue weighted by atomic mass is 9.96. The Bertz CT molecular complexity index is 995. The number of hydrogen-bond acceptors (Lipinski definition) is 5. The molecule has 1 aromatic heterocycles. The van der Waals surface area contributed by atoms with Gasteiger partial charge in [-0.15, -0.1) is 0 Å². The SMILES string of the molecule is C=C(c1ccc(OC)c(OCCCC(=O)NO)c1)c1ccnc2ccccc12. The number of para-hydroxylation sites is 1. The van der Waals surface area contributed by atoms with E-state index in [-0.39, 0.29) is 6.42 Å². The summed E-state index contributed by atoms with van der Waals surface area (Å²) in [5.41, 5.74) is 5.27. The maximum atomic E-state index is 11.1. The molecular formula is C22H22N2O4. The van der Waals surface area contributed by atoms with Gasteiger partial charge in [0, 0.05) is 18.0 Å². The van der Waals surface area contributed by atoms with Crippen LogP contribution in [-0.2, 0) is 4.79 Å². The van der Waals surface area contributed by atoms with Gasteiger partial charge in [-0.25, -0.2) is 5.48 Å². The first-order valence-corrected chi connectivity index (χ1v) is 8.91. The molecule has 28 heavy (non-hydrogen) atoms. The van der Waals surface area contributed by atoms with E-state index in [1.807, 2.05) is 48.5 Å². The molecule has 0 aliphatic heterocycles. The summed E-state index contributed by atoms with van der Waals surface area (Å²) in [6.07, 6.45) is 2.42. The van der Waals surface area contributed by atoms with Crippen LogP contribution in [0.5, 0.6) is 11.5 Å². The highest BCUT2D eigenvalue weighted by Gasteiger charge is 2.12. The van der Waals surface area contributed by atoms with Gasteiger partial charge in [0.1, 0.15) is 0 Å². The molecule has 0 atom stereocenters. The van der Waals surface area contributed by atoms with E-state index in [0.29, 0.717) is 24.5 Å². The topological polar surface area (TPSA) is 80.7 Å². The van der Waals surface area contributed by atoms with E-state index in [9.17, 15) is 4.79 Å². The van der Waals surface area contributed by atoms with Gasteiger partial charge in [-0.2, -0.15) is 0 Å². The van der Waals surface area contributed by atoms with Crippen LogP contribution in [0.3, 0.4) is 0 Å². The lowest BCUT2D eigenvalue weighted by Gasteiger charge is -2.14. The first-order valence-electron chi connectivity index (χ1n) is 8.91. The number of nitrogens with zero attached hydrogens (tertiary/aromatic N) is 1. The Morgan fingerprint density at radius 2 is 2.00 bits per heavy atom. The van der Waals surface area contributed by atoms with Gasteiger partial charge in [-0.1, -0.05) is 30.8 Å². The molecule has 0 unspecified atom stereocenters. The highest BCUT2D eigenvalue weighted by Crippen LogP contribution is 2.34. The summed E-state index contributed by atoms with van der Waals surface area (Å²) >= 11 is 0. The summed E-state index contributed by atoms with van der Waals surface area (Å²) < 4.78 is 11.2. The third-order valence-corrected chi connectivity index (χ3v) is 4.42. The fourth-order valence-electron chi connectivity index (χ4n) is 2.96. The van der Waals surface area contributed by atoms with Crippen LogP contribution < -0.4 is 15.0 Å². The van der Waals surface area contributed by atoms with Crippen molar-refractivity contribution in [3.63, 3.8) is 0 Å². The molecule has 0 spiro atoms. The van der Waals surface area contributed by atoms with E-state index in [1.54, 1.807) is 18.8 Å². The molecule has 0 saturated carbocycles. The Morgan fingerprint density at radius 1 is 1.18 bits per heavy atom.